The minimum Gasteiger partial charge on any atom is -0.337 e. The molecule has 2 aliphatic rings. The molecule has 2 heterocycles. The van der Waals surface area contributed by atoms with Gasteiger partial charge >= 0.3 is 0 Å². The molecule has 6 heteroatoms. The maximum Gasteiger partial charge on any atom is 0.254 e. The first-order chi connectivity index (χ1) is 9.97. The van der Waals surface area contributed by atoms with Crippen molar-refractivity contribution in [2.24, 2.45) is 0 Å². The predicted molar refractivity (Wildman–Crippen MR) is 71.4 cm³/mol. The van der Waals surface area contributed by atoms with E-state index in [1.807, 2.05) is 7.05 Å². The summed E-state index contributed by atoms with van der Waals surface area (Å²) in [5.41, 5.74) is -0.133. The van der Waals surface area contributed by atoms with Gasteiger partial charge in [0.2, 0.25) is 0 Å². The van der Waals surface area contributed by atoms with Gasteiger partial charge in [0.25, 0.3) is 5.91 Å². The van der Waals surface area contributed by atoms with Crippen LogP contribution in [0.3, 0.4) is 0 Å². The van der Waals surface area contributed by atoms with Crippen LogP contribution in [0.2, 0.25) is 0 Å². The zero-order chi connectivity index (χ0) is 15.1. The van der Waals surface area contributed by atoms with Crippen LogP contribution in [0.4, 0.5) is 13.2 Å². The zero-order valence-electron chi connectivity index (χ0n) is 11.8. The predicted octanol–water partition coefficient (Wildman–Crippen LogP) is 2.41. The molecular weight excluding hydrogens is 281 g/mol. The molecule has 1 aromatic carbocycles. The van der Waals surface area contributed by atoms with Crippen molar-refractivity contribution in [2.75, 3.05) is 20.1 Å². The van der Waals surface area contributed by atoms with Crippen LogP contribution < -0.4 is 0 Å². The summed E-state index contributed by atoms with van der Waals surface area (Å²) in [7, 11) is 2.05. The number of fused-ring (bicyclic) bond motifs is 2. The van der Waals surface area contributed by atoms with Crippen LogP contribution in [0.25, 0.3) is 0 Å². The van der Waals surface area contributed by atoms with Crippen LogP contribution in [0.1, 0.15) is 29.6 Å². The van der Waals surface area contributed by atoms with Gasteiger partial charge in [-0.15, -0.1) is 0 Å². The third kappa shape index (κ3) is 2.52. The Kier molecular flexibility index (Phi) is 3.65. The standard InChI is InChI=1S/C15H17F3N2O/c1-19-10-2-3-11(19)8-20(5-4-10)15(21)9-6-12(16)14(18)13(17)7-9/h6-7,10-11H,2-5,8H2,1H3. The maximum absolute atomic E-state index is 13.3. The topological polar surface area (TPSA) is 23.6 Å². The van der Waals surface area contributed by atoms with Crippen molar-refractivity contribution < 1.29 is 18.0 Å². The molecule has 0 aliphatic carbocycles. The lowest BCUT2D eigenvalue weighted by atomic mass is 10.1. The quantitative estimate of drug-likeness (QED) is 0.743. The van der Waals surface area contributed by atoms with Crippen LogP contribution in [-0.4, -0.2) is 47.9 Å². The molecule has 21 heavy (non-hydrogen) atoms. The number of rotatable bonds is 1. The number of likely N-dealkylation sites (tertiary alicyclic amines) is 1. The molecule has 0 spiro atoms. The van der Waals surface area contributed by atoms with Gasteiger partial charge < -0.3 is 4.90 Å². The highest BCUT2D eigenvalue weighted by Crippen LogP contribution is 2.29. The van der Waals surface area contributed by atoms with Crippen LogP contribution in [0.15, 0.2) is 12.1 Å². The van der Waals surface area contributed by atoms with E-state index in [0.29, 0.717) is 19.1 Å². The largest absolute Gasteiger partial charge is 0.337 e. The molecule has 2 unspecified atom stereocenters. The average Bonchev–Trinajstić information content (AvgIpc) is 2.68. The fraction of sp³-hybridized carbons (Fsp3) is 0.533. The van der Waals surface area contributed by atoms with Crippen LogP contribution in [0.5, 0.6) is 0 Å². The fourth-order valence-corrected chi connectivity index (χ4v) is 3.35. The van der Waals surface area contributed by atoms with Crippen molar-refractivity contribution >= 4 is 5.91 Å². The molecule has 0 N–H and O–H groups in total. The van der Waals surface area contributed by atoms with E-state index in [1.54, 1.807) is 4.90 Å². The molecule has 0 radical (unpaired) electrons. The highest BCUT2D eigenvalue weighted by atomic mass is 19.2. The molecule has 2 bridgehead atoms. The summed E-state index contributed by atoms with van der Waals surface area (Å²) < 4.78 is 39.5. The first-order valence-electron chi connectivity index (χ1n) is 7.13. The molecular formula is C15H17F3N2O. The second-order valence-corrected chi connectivity index (χ2v) is 5.84. The lowest BCUT2D eigenvalue weighted by Crippen LogP contribution is -2.39. The van der Waals surface area contributed by atoms with E-state index < -0.39 is 23.4 Å². The van der Waals surface area contributed by atoms with E-state index in [0.717, 1.165) is 31.4 Å². The third-order valence-corrected chi connectivity index (χ3v) is 4.67. The van der Waals surface area contributed by atoms with Gasteiger partial charge in [-0.3, -0.25) is 9.69 Å². The Morgan fingerprint density at radius 3 is 2.38 bits per heavy atom. The Balaban J connectivity index is 1.82. The molecule has 1 amide bonds. The van der Waals surface area contributed by atoms with Gasteiger partial charge in [-0.2, -0.15) is 0 Å². The molecule has 0 saturated carbocycles. The molecule has 2 fully saturated rings. The average molecular weight is 298 g/mol. The highest BCUT2D eigenvalue weighted by molar-refractivity contribution is 5.94. The summed E-state index contributed by atoms with van der Waals surface area (Å²) in [6.07, 6.45) is 3.00. The van der Waals surface area contributed by atoms with E-state index in [9.17, 15) is 18.0 Å². The van der Waals surface area contributed by atoms with Gasteiger partial charge in [-0.05, 0) is 38.4 Å². The maximum atomic E-state index is 13.3. The fourth-order valence-electron chi connectivity index (χ4n) is 3.35. The van der Waals surface area contributed by atoms with E-state index in [1.165, 1.54) is 0 Å². The normalized spacial score (nSPS) is 26.0. The molecule has 3 rings (SSSR count). The summed E-state index contributed by atoms with van der Waals surface area (Å²) in [6.45, 7) is 1.11. The smallest absolute Gasteiger partial charge is 0.254 e. The highest BCUT2D eigenvalue weighted by Gasteiger charge is 2.36. The van der Waals surface area contributed by atoms with Crippen molar-refractivity contribution in [1.82, 2.24) is 9.80 Å². The van der Waals surface area contributed by atoms with Crippen LogP contribution in [-0.2, 0) is 0 Å². The van der Waals surface area contributed by atoms with Crippen molar-refractivity contribution in [3.05, 3.63) is 35.1 Å². The summed E-state index contributed by atoms with van der Waals surface area (Å²) in [4.78, 5) is 16.3. The molecule has 114 valence electrons. The van der Waals surface area contributed by atoms with Crippen LogP contribution in [0, 0.1) is 17.5 Å². The van der Waals surface area contributed by atoms with E-state index >= 15 is 0 Å². The van der Waals surface area contributed by atoms with Crippen LogP contribution >= 0.6 is 0 Å². The monoisotopic (exact) mass is 298 g/mol. The summed E-state index contributed by atoms with van der Waals surface area (Å²) in [5, 5.41) is 0. The van der Waals surface area contributed by atoms with Gasteiger partial charge in [0.15, 0.2) is 17.5 Å². The van der Waals surface area contributed by atoms with Crippen molar-refractivity contribution in [2.45, 2.75) is 31.3 Å². The molecule has 2 aliphatic heterocycles. The zero-order valence-corrected chi connectivity index (χ0v) is 11.8. The number of amides is 1. The Labute approximate surface area is 121 Å². The number of likely N-dealkylation sites (N-methyl/N-ethyl adjacent to an activating group) is 1. The second-order valence-electron chi connectivity index (χ2n) is 5.84. The Morgan fingerprint density at radius 2 is 1.71 bits per heavy atom. The number of nitrogens with zero attached hydrogens (tertiary/aromatic N) is 2. The van der Waals surface area contributed by atoms with Gasteiger partial charge in [-0.25, -0.2) is 13.2 Å². The van der Waals surface area contributed by atoms with Crippen molar-refractivity contribution in [1.29, 1.82) is 0 Å². The molecule has 3 nitrogen and oxygen atoms in total. The first kappa shape index (κ1) is 14.4. The lowest BCUT2D eigenvalue weighted by Gasteiger charge is -2.26. The van der Waals surface area contributed by atoms with Crippen molar-refractivity contribution in [3.8, 4) is 0 Å². The number of carbonyl (C=O) groups is 1. The summed E-state index contributed by atoms with van der Waals surface area (Å²) >= 11 is 0. The summed E-state index contributed by atoms with van der Waals surface area (Å²) in [6, 6.07) is 2.30. The molecule has 2 atom stereocenters. The first-order valence-corrected chi connectivity index (χ1v) is 7.13. The van der Waals surface area contributed by atoms with Gasteiger partial charge in [0, 0.05) is 30.7 Å². The lowest BCUT2D eigenvalue weighted by molar-refractivity contribution is 0.0739. The number of hydrogen-bond donors (Lipinski definition) is 0. The van der Waals surface area contributed by atoms with Gasteiger partial charge in [0.05, 0.1) is 0 Å². The van der Waals surface area contributed by atoms with E-state index in [4.69, 9.17) is 0 Å². The van der Waals surface area contributed by atoms with Crippen molar-refractivity contribution in [3.63, 3.8) is 0 Å². The summed E-state index contributed by atoms with van der Waals surface area (Å²) in [5.74, 6) is -4.63. The SMILES string of the molecule is CN1C2CCC1CN(C(=O)c1cc(F)c(F)c(F)c1)CC2. The number of carbonyl (C=O) groups excluding carboxylic acids is 1. The Hall–Kier alpha value is -1.56. The molecule has 2 saturated heterocycles. The van der Waals surface area contributed by atoms with Gasteiger partial charge in [-0.1, -0.05) is 0 Å². The molecule has 0 aromatic heterocycles. The number of halogens is 3. The Bertz CT molecular complexity index is 555. The van der Waals surface area contributed by atoms with E-state index in [2.05, 4.69) is 4.90 Å². The number of hydrogen-bond acceptors (Lipinski definition) is 2. The Morgan fingerprint density at radius 1 is 1.10 bits per heavy atom. The minimum atomic E-state index is -1.54. The molecule has 1 aromatic rings. The second kappa shape index (κ2) is 5.33. The minimum absolute atomic E-state index is 0.133. The third-order valence-electron chi connectivity index (χ3n) is 4.67. The van der Waals surface area contributed by atoms with Gasteiger partial charge in [0.1, 0.15) is 0 Å². The number of benzene rings is 1. The van der Waals surface area contributed by atoms with E-state index in [-0.39, 0.29) is 11.6 Å².